The standard InChI is InChI=1S/C9H10O2.2C2H6/c1-2-11-9(10)8-6-4-3-5-7-8;2*1-2/h3-7H,2H2,1H3;2*1-2H3. The highest BCUT2D eigenvalue weighted by atomic mass is 16.5. The van der Waals surface area contributed by atoms with Gasteiger partial charge in [0.1, 0.15) is 0 Å². The second-order valence-electron chi connectivity index (χ2n) is 2.09. The molecule has 0 N–H and O–H groups in total. The maximum atomic E-state index is 11.0. The number of hydrogen-bond acceptors (Lipinski definition) is 2. The lowest BCUT2D eigenvalue weighted by atomic mass is 10.2. The third kappa shape index (κ3) is 7.74. The predicted octanol–water partition coefficient (Wildman–Crippen LogP) is 3.92. The lowest BCUT2D eigenvalue weighted by Crippen LogP contribution is -2.03. The van der Waals surface area contributed by atoms with Gasteiger partial charge in [-0.05, 0) is 19.1 Å². The molecule has 0 atom stereocenters. The van der Waals surface area contributed by atoms with Crippen LogP contribution in [0.3, 0.4) is 0 Å². The zero-order chi connectivity index (χ0) is 12.1. The Bertz CT molecular complexity index is 230. The Morgan fingerprint density at radius 2 is 1.53 bits per heavy atom. The van der Waals surface area contributed by atoms with Crippen molar-refractivity contribution in [2.75, 3.05) is 6.61 Å². The lowest BCUT2D eigenvalue weighted by molar-refractivity contribution is 0.0526. The van der Waals surface area contributed by atoms with Crippen LogP contribution >= 0.6 is 0 Å². The van der Waals surface area contributed by atoms with E-state index in [0.717, 1.165) is 0 Å². The van der Waals surface area contributed by atoms with Crippen LogP contribution in [-0.4, -0.2) is 12.6 Å². The predicted molar refractivity (Wildman–Crippen MR) is 65.1 cm³/mol. The molecule has 2 nitrogen and oxygen atoms in total. The average Bonchev–Trinajstić information content (AvgIpc) is 2.36. The second-order valence-corrected chi connectivity index (χ2v) is 2.09. The van der Waals surface area contributed by atoms with Gasteiger partial charge in [0, 0.05) is 0 Å². The van der Waals surface area contributed by atoms with E-state index in [9.17, 15) is 4.79 Å². The first-order chi connectivity index (χ1) is 7.34. The number of benzene rings is 1. The first-order valence-electron chi connectivity index (χ1n) is 5.56. The van der Waals surface area contributed by atoms with Crippen LogP contribution in [-0.2, 0) is 4.74 Å². The molecule has 0 saturated heterocycles. The van der Waals surface area contributed by atoms with Crippen molar-refractivity contribution in [2.45, 2.75) is 34.6 Å². The maximum Gasteiger partial charge on any atom is 0.338 e. The highest BCUT2D eigenvalue weighted by Crippen LogP contribution is 1.99. The van der Waals surface area contributed by atoms with Gasteiger partial charge in [-0.1, -0.05) is 45.9 Å². The molecule has 1 rings (SSSR count). The van der Waals surface area contributed by atoms with Crippen molar-refractivity contribution in [3.63, 3.8) is 0 Å². The summed E-state index contributed by atoms with van der Waals surface area (Å²) in [7, 11) is 0. The molecule has 0 aliphatic carbocycles. The number of rotatable bonds is 2. The fourth-order valence-corrected chi connectivity index (χ4v) is 0.789. The number of carbonyl (C=O) groups excluding carboxylic acids is 1. The first kappa shape index (κ1) is 16.1. The third-order valence-electron chi connectivity index (χ3n) is 1.28. The van der Waals surface area contributed by atoms with Crippen molar-refractivity contribution < 1.29 is 9.53 Å². The summed E-state index contributed by atoms with van der Waals surface area (Å²) in [6, 6.07) is 8.96. The quantitative estimate of drug-likeness (QED) is 0.692. The van der Waals surface area contributed by atoms with Crippen LogP contribution in [0.25, 0.3) is 0 Å². The summed E-state index contributed by atoms with van der Waals surface area (Å²) < 4.78 is 4.79. The van der Waals surface area contributed by atoms with Gasteiger partial charge in [-0.15, -0.1) is 0 Å². The Morgan fingerprint density at radius 3 is 1.93 bits per heavy atom. The molecule has 0 aliphatic rings. The van der Waals surface area contributed by atoms with Crippen molar-refractivity contribution in [1.82, 2.24) is 0 Å². The maximum absolute atomic E-state index is 11.0. The Morgan fingerprint density at radius 1 is 1.07 bits per heavy atom. The zero-order valence-electron chi connectivity index (χ0n) is 10.4. The second kappa shape index (κ2) is 12.7. The van der Waals surface area contributed by atoms with Gasteiger partial charge in [0.15, 0.2) is 0 Å². The third-order valence-corrected chi connectivity index (χ3v) is 1.28. The van der Waals surface area contributed by atoms with Crippen molar-refractivity contribution in [3.05, 3.63) is 35.9 Å². The molecule has 0 radical (unpaired) electrons. The highest BCUT2D eigenvalue weighted by molar-refractivity contribution is 5.89. The summed E-state index contributed by atoms with van der Waals surface area (Å²) in [5.41, 5.74) is 0.606. The summed E-state index contributed by atoms with van der Waals surface area (Å²) in [5.74, 6) is -0.256. The molecule has 0 amide bonds. The largest absolute Gasteiger partial charge is 0.462 e. The fourth-order valence-electron chi connectivity index (χ4n) is 0.789. The van der Waals surface area contributed by atoms with Crippen LogP contribution in [0.2, 0.25) is 0 Å². The molecule has 15 heavy (non-hydrogen) atoms. The fraction of sp³-hybridized carbons (Fsp3) is 0.462. The Hall–Kier alpha value is -1.31. The van der Waals surface area contributed by atoms with Crippen LogP contribution < -0.4 is 0 Å². The molecular weight excluding hydrogens is 188 g/mol. The van der Waals surface area contributed by atoms with E-state index in [2.05, 4.69) is 0 Å². The first-order valence-corrected chi connectivity index (χ1v) is 5.56. The Balaban J connectivity index is 0. The van der Waals surface area contributed by atoms with E-state index < -0.39 is 0 Å². The average molecular weight is 210 g/mol. The summed E-state index contributed by atoms with van der Waals surface area (Å²) in [5, 5.41) is 0. The van der Waals surface area contributed by atoms with E-state index in [4.69, 9.17) is 4.74 Å². The van der Waals surface area contributed by atoms with Gasteiger partial charge in [0.05, 0.1) is 12.2 Å². The van der Waals surface area contributed by atoms with Crippen molar-refractivity contribution in [2.24, 2.45) is 0 Å². The van der Waals surface area contributed by atoms with Gasteiger partial charge in [-0.2, -0.15) is 0 Å². The molecular formula is C13H22O2. The van der Waals surface area contributed by atoms with E-state index in [-0.39, 0.29) is 5.97 Å². The minimum Gasteiger partial charge on any atom is -0.462 e. The number of hydrogen-bond donors (Lipinski definition) is 0. The van der Waals surface area contributed by atoms with Gasteiger partial charge in [-0.3, -0.25) is 0 Å². The molecule has 0 bridgehead atoms. The summed E-state index contributed by atoms with van der Waals surface area (Å²) in [6.07, 6.45) is 0. The molecule has 86 valence electrons. The summed E-state index contributed by atoms with van der Waals surface area (Å²) in [4.78, 5) is 11.0. The summed E-state index contributed by atoms with van der Waals surface area (Å²) >= 11 is 0. The van der Waals surface area contributed by atoms with E-state index in [1.165, 1.54) is 0 Å². The van der Waals surface area contributed by atoms with Crippen LogP contribution in [0, 0.1) is 0 Å². The van der Waals surface area contributed by atoms with Crippen LogP contribution in [0.15, 0.2) is 30.3 Å². The van der Waals surface area contributed by atoms with E-state index >= 15 is 0 Å². The van der Waals surface area contributed by atoms with Crippen LogP contribution in [0.1, 0.15) is 45.0 Å². The Labute approximate surface area is 93.3 Å². The molecule has 1 aromatic carbocycles. The van der Waals surface area contributed by atoms with Crippen LogP contribution in [0.5, 0.6) is 0 Å². The monoisotopic (exact) mass is 210 g/mol. The van der Waals surface area contributed by atoms with E-state index in [1.807, 2.05) is 45.9 Å². The number of carbonyl (C=O) groups is 1. The van der Waals surface area contributed by atoms with Gasteiger partial charge in [0.25, 0.3) is 0 Å². The summed E-state index contributed by atoms with van der Waals surface area (Å²) in [6.45, 7) is 10.2. The molecule has 0 aromatic heterocycles. The number of ether oxygens (including phenoxy) is 1. The zero-order valence-corrected chi connectivity index (χ0v) is 10.4. The molecule has 0 spiro atoms. The molecule has 0 heterocycles. The minimum atomic E-state index is -0.256. The van der Waals surface area contributed by atoms with Gasteiger partial charge >= 0.3 is 5.97 Å². The van der Waals surface area contributed by atoms with Crippen LogP contribution in [0.4, 0.5) is 0 Å². The molecule has 1 aromatic rings. The van der Waals surface area contributed by atoms with Gasteiger partial charge < -0.3 is 4.74 Å². The van der Waals surface area contributed by atoms with Crippen molar-refractivity contribution in [1.29, 1.82) is 0 Å². The van der Waals surface area contributed by atoms with Gasteiger partial charge in [-0.25, -0.2) is 4.79 Å². The molecule has 0 fully saturated rings. The topological polar surface area (TPSA) is 26.3 Å². The smallest absolute Gasteiger partial charge is 0.338 e. The normalized spacial score (nSPS) is 7.53. The molecule has 0 unspecified atom stereocenters. The lowest BCUT2D eigenvalue weighted by Gasteiger charge is -1.99. The molecule has 0 saturated carbocycles. The van der Waals surface area contributed by atoms with E-state index in [1.54, 1.807) is 19.1 Å². The Kier molecular flexibility index (Phi) is 13.6. The SMILES string of the molecule is CC.CC.CCOC(=O)c1ccccc1. The number of esters is 1. The minimum absolute atomic E-state index is 0.256. The van der Waals surface area contributed by atoms with E-state index in [0.29, 0.717) is 12.2 Å². The van der Waals surface area contributed by atoms with Crippen molar-refractivity contribution >= 4 is 5.97 Å². The molecule has 0 aliphatic heterocycles. The highest BCUT2D eigenvalue weighted by Gasteiger charge is 2.02. The van der Waals surface area contributed by atoms with Crippen molar-refractivity contribution in [3.8, 4) is 0 Å². The van der Waals surface area contributed by atoms with Gasteiger partial charge in [0.2, 0.25) is 0 Å². The molecule has 2 heteroatoms.